The van der Waals surface area contributed by atoms with E-state index >= 15 is 0 Å². The van der Waals surface area contributed by atoms with Crippen molar-refractivity contribution < 1.29 is 14.6 Å². The average Bonchev–Trinajstić information content (AvgIpc) is 2.68. The SMILES string of the molecule is CCC(=NNC(=O)COc1ccc2ccccc2c1)c1ccccc1O. The van der Waals surface area contributed by atoms with Gasteiger partial charge in [0.2, 0.25) is 0 Å². The lowest BCUT2D eigenvalue weighted by Gasteiger charge is -2.08. The molecule has 0 aliphatic heterocycles. The van der Waals surface area contributed by atoms with Gasteiger partial charge in [-0.3, -0.25) is 4.79 Å². The lowest BCUT2D eigenvalue weighted by Crippen LogP contribution is -2.26. The minimum Gasteiger partial charge on any atom is -0.507 e. The van der Waals surface area contributed by atoms with E-state index in [9.17, 15) is 9.90 Å². The van der Waals surface area contributed by atoms with Gasteiger partial charge in [0.25, 0.3) is 5.91 Å². The Labute approximate surface area is 151 Å². The summed E-state index contributed by atoms with van der Waals surface area (Å²) in [5, 5.41) is 16.2. The predicted molar refractivity (Wildman–Crippen MR) is 103 cm³/mol. The van der Waals surface area contributed by atoms with Crippen LogP contribution in [0.2, 0.25) is 0 Å². The standard InChI is InChI=1S/C21H20N2O3/c1-2-19(18-9-5-6-10-20(18)24)22-23-21(25)14-26-17-12-11-15-7-3-4-8-16(15)13-17/h3-13,24H,2,14H2,1H3,(H,23,25). The summed E-state index contributed by atoms with van der Waals surface area (Å²) < 4.78 is 5.54. The van der Waals surface area contributed by atoms with Gasteiger partial charge in [-0.25, -0.2) is 5.43 Å². The van der Waals surface area contributed by atoms with Crippen LogP contribution in [0, 0.1) is 0 Å². The first kappa shape index (κ1) is 17.5. The van der Waals surface area contributed by atoms with Gasteiger partial charge in [0.1, 0.15) is 11.5 Å². The number of phenolic OH excluding ortho intramolecular Hbond substituents is 1. The number of carbonyl (C=O) groups excluding carboxylic acids is 1. The molecule has 0 unspecified atom stereocenters. The molecule has 2 N–H and O–H groups in total. The minimum absolute atomic E-state index is 0.134. The zero-order valence-electron chi connectivity index (χ0n) is 14.5. The van der Waals surface area contributed by atoms with Gasteiger partial charge in [-0.05, 0) is 41.5 Å². The van der Waals surface area contributed by atoms with Crippen molar-refractivity contribution in [1.29, 1.82) is 0 Å². The van der Waals surface area contributed by atoms with E-state index in [0.717, 1.165) is 10.8 Å². The lowest BCUT2D eigenvalue weighted by molar-refractivity contribution is -0.123. The number of aromatic hydroxyl groups is 1. The van der Waals surface area contributed by atoms with Crippen molar-refractivity contribution in [2.45, 2.75) is 13.3 Å². The molecular weight excluding hydrogens is 328 g/mol. The summed E-state index contributed by atoms with van der Waals surface area (Å²) in [6.07, 6.45) is 0.573. The van der Waals surface area contributed by atoms with Gasteiger partial charge in [0.05, 0.1) is 5.71 Å². The van der Waals surface area contributed by atoms with Crippen molar-refractivity contribution in [2.24, 2.45) is 5.10 Å². The summed E-state index contributed by atoms with van der Waals surface area (Å²) in [6, 6.07) is 20.5. The second-order valence-electron chi connectivity index (χ2n) is 5.76. The molecule has 0 aromatic heterocycles. The molecule has 132 valence electrons. The van der Waals surface area contributed by atoms with Gasteiger partial charge in [0, 0.05) is 5.56 Å². The molecule has 0 atom stereocenters. The zero-order valence-corrected chi connectivity index (χ0v) is 14.5. The Bertz CT molecular complexity index is 951. The van der Waals surface area contributed by atoms with E-state index in [0.29, 0.717) is 23.4 Å². The van der Waals surface area contributed by atoms with E-state index in [-0.39, 0.29) is 18.3 Å². The molecule has 0 bridgehead atoms. The molecule has 3 rings (SSSR count). The number of hydrogen-bond acceptors (Lipinski definition) is 4. The minimum atomic E-state index is -0.362. The van der Waals surface area contributed by atoms with Crippen LogP contribution in [0.4, 0.5) is 0 Å². The quantitative estimate of drug-likeness (QED) is 0.525. The number of hydrazone groups is 1. The second kappa shape index (κ2) is 8.16. The highest BCUT2D eigenvalue weighted by atomic mass is 16.5. The van der Waals surface area contributed by atoms with Gasteiger partial charge in [-0.1, -0.05) is 49.4 Å². The maximum Gasteiger partial charge on any atom is 0.277 e. The molecule has 5 nitrogen and oxygen atoms in total. The van der Waals surface area contributed by atoms with Crippen LogP contribution in [0.25, 0.3) is 10.8 Å². The molecule has 1 amide bonds. The summed E-state index contributed by atoms with van der Waals surface area (Å²) in [5.74, 6) is 0.397. The van der Waals surface area contributed by atoms with Crippen molar-refractivity contribution in [1.82, 2.24) is 5.43 Å². The number of hydrogen-bond donors (Lipinski definition) is 2. The number of phenols is 1. The number of amides is 1. The number of fused-ring (bicyclic) bond motifs is 1. The molecule has 0 radical (unpaired) electrons. The molecule has 0 aliphatic rings. The van der Waals surface area contributed by atoms with Gasteiger partial charge >= 0.3 is 0 Å². The Morgan fingerprint density at radius 1 is 1.04 bits per heavy atom. The van der Waals surface area contributed by atoms with E-state index in [1.807, 2.05) is 55.5 Å². The first-order valence-corrected chi connectivity index (χ1v) is 8.42. The topological polar surface area (TPSA) is 70.9 Å². The highest BCUT2D eigenvalue weighted by Crippen LogP contribution is 2.20. The summed E-state index contributed by atoms with van der Waals surface area (Å²) in [5.41, 5.74) is 3.68. The molecule has 0 heterocycles. The number of nitrogens with one attached hydrogen (secondary N) is 1. The fourth-order valence-corrected chi connectivity index (χ4v) is 2.62. The van der Waals surface area contributed by atoms with Crippen LogP contribution < -0.4 is 10.2 Å². The van der Waals surface area contributed by atoms with Crippen LogP contribution in [-0.4, -0.2) is 23.3 Å². The molecule has 3 aromatic rings. The first-order chi connectivity index (χ1) is 12.7. The third kappa shape index (κ3) is 4.19. The highest BCUT2D eigenvalue weighted by molar-refractivity contribution is 6.03. The van der Waals surface area contributed by atoms with Gasteiger partial charge in [0.15, 0.2) is 6.61 Å². The largest absolute Gasteiger partial charge is 0.507 e. The summed E-state index contributed by atoms with van der Waals surface area (Å²) in [4.78, 5) is 12.0. The van der Waals surface area contributed by atoms with E-state index in [1.165, 1.54) is 0 Å². The summed E-state index contributed by atoms with van der Waals surface area (Å²) in [6.45, 7) is 1.77. The molecule has 0 fully saturated rings. The van der Waals surface area contributed by atoms with Crippen LogP contribution in [0.15, 0.2) is 71.8 Å². The third-order valence-corrected chi connectivity index (χ3v) is 3.96. The monoisotopic (exact) mass is 348 g/mol. The normalized spacial score (nSPS) is 11.3. The molecule has 5 heteroatoms. The third-order valence-electron chi connectivity index (χ3n) is 3.96. The fourth-order valence-electron chi connectivity index (χ4n) is 2.62. The smallest absolute Gasteiger partial charge is 0.277 e. The Hall–Kier alpha value is -3.34. The Morgan fingerprint density at radius 3 is 2.54 bits per heavy atom. The number of benzene rings is 3. The molecule has 0 aliphatic carbocycles. The maximum absolute atomic E-state index is 12.0. The number of rotatable bonds is 6. The molecule has 26 heavy (non-hydrogen) atoms. The second-order valence-corrected chi connectivity index (χ2v) is 5.76. The van der Waals surface area contributed by atoms with Crippen LogP contribution in [0.1, 0.15) is 18.9 Å². The van der Waals surface area contributed by atoms with Gasteiger partial charge in [-0.2, -0.15) is 5.10 Å². The molecule has 3 aromatic carbocycles. The van der Waals surface area contributed by atoms with Crippen molar-refractivity contribution in [3.8, 4) is 11.5 Å². The predicted octanol–water partition coefficient (Wildman–Crippen LogP) is 3.85. The maximum atomic E-state index is 12.0. The van der Waals surface area contributed by atoms with Crippen LogP contribution >= 0.6 is 0 Å². The lowest BCUT2D eigenvalue weighted by atomic mass is 10.1. The number of para-hydroxylation sites is 1. The summed E-state index contributed by atoms with van der Waals surface area (Å²) >= 11 is 0. The van der Waals surface area contributed by atoms with Gasteiger partial charge < -0.3 is 9.84 Å². The highest BCUT2D eigenvalue weighted by Gasteiger charge is 2.08. The number of nitrogens with zero attached hydrogens (tertiary/aromatic N) is 1. The zero-order chi connectivity index (χ0) is 18.4. The Kier molecular flexibility index (Phi) is 5.49. The van der Waals surface area contributed by atoms with Crippen molar-refractivity contribution in [2.75, 3.05) is 6.61 Å². The summed E-state index contributed by atoms with van der Waals surface area (Å²) in [7, 11) is 0. The number of ether oxygens (including phenoxy) is 1. The number of carbonyl (C=O) groups is 1. The Balaban J connectivity index is 1.61. The molecule has 0 spiro atoms. The Morgan fingerprint density at radius 2 is 1.77 bits per heavy atom. The fraction of sp³-hybridized carbons (Fsp3) is 0.143. The van der Waals surface area contributed by atoms with E-state index in [1.54, 1.807) is 18.2 Å². The van der Waals surface area contributed by atoms with Crippen LogP contribution in [-0.2, 0) is 4.79 Å². The van der Waals surface area contributed by atoms with Crippen molar-refractivity contribution in [3.05, 3.63) is 72.3 Å². The van der Waals surface area contributed by atoms with E-state index < -0.39 is 0 Å². The van der Waals surface area contributed by atoms with Crippen LogP contribution in [0.3, 0.4) is 0 Å². The molecular formula is C21H20N2O3. The van der Waals surface area contributed by atoms with E-state index in [2.05, 4.69) is 10.5 Å². The van der Waals surface area contributed by atoms with Crippen molar-refractivity contribution in [3.63, 3.8) is 0 Å². The average molecular weight is 348 g/mol. The van der Waals surface area contributed by atoms with E-state index in [4.69, 9.17) is 4.74 Å². The van der Waals surface area contributed by atoms with Crippen molar-refractivity contribution >= 4 is 22.4 Å². The molecule has 0 saturated heterocycles. The molecule has 0 saturated carbocycles. The van der Waals surface area contributed by atoms with Crippen LogP contribution in [0.5, 0.6) is 11.5 Å². The van der Waals surface area contributed by atoms with Gasteiger partial charge in [-0.15, -0.1) is 0 Å². The first-order valence-electron chi connectivity index (χ1n) is 8.42.